The first-order chi connectivity index (χ1) is 9.20. The van der Waals surface area contributed by atoms with Gasteiger partial charge in [-0.2, -0.15) is 0 Å². The molecular formula is C14H15N3O2. The lowest BCUT2D eigenvalue weighted by atomic mass is 10.2. The second kappa shape index (κ2) is 3.57. The number of aryl methyl sites for hydroxylation is 1. The van der Waals surface area contributed by atoms with Gasteiger partial charge in [0.2, 0.25) is 0 Å². The van der Waals surface area contributed by atoms with Gasteiger partial charge in [0.05, 0.1) is 24.9 Å². The highest BCUT2D eigenvalue weighted by Crippen LogP contribution is 2.48. The van der Waals surface area contributed by atoms with Crippen molar-refractivity contribution in [2.45, 2.75) is 18.9 Å². The molecule has 5 nitrogen and oxygen atoms in total. The van der Waals surface area contributed by atoms with Crippen LogP contribution in [0, 0.1) is 12.8 Å². The van der Waals surface area contributed by atoms with E-state index in [9.17, 15) is 4.79 Å². The Hall–Kier alpha value is -1.88. The Morgan fingerprint density at radius 3 is 3.21 bits per heavy atom. The third-order valence-electron chi connectivity index (χ3n) is 4.23. The Kier molecular flexibility index (Phi) is 2.07. The van der Waals surface area contributed by atoms with E-state index in [1.807, 2.05) is 29.5 Å². The number of pyridine rings is 1. The molecule has 1 N–H and O–H groups in total. The molecule has 1 amide bonds. The SMILES string of the molecule is Cc1cccc2ncc(C(=O)N[C@@]34COC[C@@H]3C4)n12. The molecule has 1 saturated heterocycles. The third kappa shape index (κ3) is 1.51. The molecule has 2 aliphatic rings. The fraction of sp³-hybridized carbons (Fsp3) is 0.429. The van der Waals surface area contributed by atoms with Gasteiger partial charge < -0.3 is 10.1 Å². The van der Waals surface area contributed by atoms with Crippen LogP contribution in [0.25, 0.3) is 5.65 Å². The van der Waals surface area contributed by atoms with Crippen molar-refractivity contribution in [2.75, 3.05) is 13.2 Å². The smallest absolute Gasteiger partial charge is 0.270 e. The number of nitrogens with zero attached hydrogens (tertiary/aromatic N) is 2. The van der Waals surface area contributed by atoms with Gasteiger partial charge in [-0.15, -0.1) is 0 Å². The summed E-state index contributed by atoms with van der Waals surface area (Å²) in [6, 6.07) is 5.82. The highest BCUT2D eigenvalue weighted by Gasteiger charge is 2.59. The number of amides is 1. The van der Waals surface area contributed by atoms with Crippen LogP contribution in [-0.2, 0) is 4.74 Å². The summed E-state index contributed by atoms with van der Waals surface area (Å²) in [6.07, 6.45) is 2.68. The number of aromatic nitrogens is 2. The third-order valence-corrected chi connectivity index (χ3v) is 4.23. The topological polar surface area (TPSA) is 55.6 Å². The molecule has 1 saturated carbocycles. The first-order valence-electron chi connectivity index (χ1n) is 6.53. The van der Waals surface area contributed by atoms with Gasteiger partial charge in [0, 0.05) is 11.6 Å². The van der Waals surface area contributed by atoms with Crippen LogP contribution in [0.15, 0.2) is 24.4 Å². The lowest BCUT2D eigenvalue weighted by molar-refractivity contribution is 0.0899. The molecule has 5 heteroatoms. The monoisotopic (exact) mass is 257 g/mol. The van der Waals surface area contributed by atoms with Gasteiger partial charge in [0.15, 0.2) is 0 Å². The fourth-order valence-electron chi connectivity index (χ4n) is 3.00. The minimum atomic E-state index is -0.107. The van der Waals surface area contributed by atoms with Gasteiger partial charge in [0.25, 0.3) is 5.91 Å². The maximum Gasteiger partial charge on any atom is 0.270 e. The average Bonchev–Trinajstić information content (AvgIpc) is 2.78. The maximum absolute atomic E-state index is 12.4. The van der Waals surface area contributed by atoms with E-state index < -0.39 is 0 Å². The number of ether oxygens (including phenoxy) is 1. The van der Waals surface area contributed by atoms with Crippen LogP contribution in [0.1, 0.15) is 22.6 Å². The van der Waals surface area contributed by atoms with E-state index >= 15 is 0 Å². The highest BCUT2D eigenvalue weighted by atomic mass is 16.5. The Morgan fingerprint density at radius 1 is 1.58 bits per heavy atom. The lowest BCUT2D eigenvalue weighted by Gasteiger charge is -2.14. The second-order valence-electron chi connectivity index (χ2n) is 5.53. The van der Waals surface area contributed by atoms with Crippen molar-refractivity contribution in [2.24, 2.45) is 5.92 Å². The molecular weight excluding hydrogens is 242 g/mol. The number of nitrogens with one attached hydrogen (secondary N) is 1. The van der Waals surface area contributed by atoms with Crippen LogP contribution >= 0.6 is 0 Å². The molecule has 1 aliphatic heterocycles. The molecule has 1 aliphatic carbocycles. The fourth-order valence-corrected chi connectivity index (χ4v) is 3.00. The van der Waals surface area contributed by atoms with Crippen molar-refractivity contribution < 1.29 is 9.53 Å². The maximum atomic E-state index is 12.4. The van der Waals surface area contributed by atoms with Gasteiger partial charge in [-0.05, 0) is 25.5 Å². The van der Waals surface area contributed by atoms with Gasteiger partial charge >= 0.3 is 0 Å². The molecule has 4 rings (SSSR count). The Morgan fingerprint density at radius 2 is 2.47 bits per heavy atom. The summed E-state index contributed by atoms with van der Waals surface area (Å²) >= 11 is 0. The molecule has 0 unspecified atom stereocenters. The van der Waals surface area contributed by atoms with E-state index in [2.05, 4.69) is 10.3 Å². The van der Waals surface area contributed by atoms with E-state index in [0.29, 0.717) is 18.2 Å². The van der Waals surface area contributed by atoms with Crippen molar-refractivity contribution in [3.8, 4) is 0 Å². The number of rotatable bonds is 2. The van der Waals surface area contributed by atoms with E-state index in [1.165, 1.54) is 0 Å². The summed E-state index contributed by atoms with van der Waals surface area (Å²) in [4.78, 5) is 16.7. The van der Waals surface area contributed by atoms with Crippen LogP contribution in [0.5, 0.6) is 0 Å². The predicted molar refractivity (Wildman–Crippen MR) is 69.1 cm³/mol. The molecule has 2 fully saturated rings. The van der Waals surface area contributed by atoms with Crippen molar-refractivity contribution in [1.82, 2.24) is 14.7 Å². The summed E-state index contributed by atoms with van der Waals surface area (Å²) in [5.74, 6) is 0.437. The molecule has 3 heterocycles. The summed E-state index contributed by atoms with van der Waals surface area (Å²) in [7, 11) is 0. The van der Waals surface area contributed by atoms with Crippen LogP contribution in [0.4, 0.5) is 0 Å². The molecule has 0 bridgehead atoms. The van der Waals surface area contributed by atoms with Crippen LogP contribution < -0.4 is 5.32 Å². The number of carbonyl (C=O) groups is 1. The van der Waals surface area contributed by atoms with E-state index in [4.69, 9.17) is 4.74 Å². The second-order valence-corrected chi connectivity index (χ2v) is 5.53. The molecule has 19 heavy (non-hydrogen) atoms. The van der Waals surface area contributed by atoms with E-state index in [0.717, 1.165) is 24.4 Å². The largest absolute Gasteiger partial charge is 0.379 e. The van der Waals surface area contributed by atoms with Gasteiger partial charge in [-0.3, -0.25) is 9.20 Å². The Balaban J connectivity index is 1.69. The molecule has 2 aromatic heterocycles. The summed E-state index contributed by atoms with van der Waals surface area (Å²) in [6.45, 7) is 3.38. The number of imidazole rings is 1. The Bertz CT molecular complexity index is 678. The normalized spacial score (nSPS) is 28.4. The molecule has 2 atom stereocenters. The molecule has 0 radical (unpaired) electrons. The minimum absolute atomic E-state index is 0.0604. The van der Waals surface area contributed by atoms with Crippen molar-refractivity contribution in [3.05, 3.63) is 35.8 Å². The lowest BCUT2D eigenvalue weighted by Crippen LogP contribution is -2.40. The minimum Gasteiger partial charge on any atom is -0.379 e. The zero-order valence-corrected chi connectivity index (χ0v) is 10.7. The van der Waals surface area contributed by atoms with Gasteiger partial charge in [-0.1, -0.05) is 6.07 Å². The van der Waals surface area contributed by atoms with Crippen LogP contribution in [-0.4, -0.2) is 34.0 Å². The summed E-state index contributed by atoms with van der Waals surface area (Å²) in [5, 5.41) is 3.13. The molecule has 2 aromatic rings. The number of carbonyl (C=O) groups excluding carboxylic acids is 1. The molecule has 98 valence electrons. The number of fused-ring (bicyclic) bond motifs is 2. The molecule has 0 aromatic carbocycles. The molecule has 0 spiro atoms. The highest BCUT2D eigenvalue weighted by molar-refractivity contribution is 5.94. The zero-order valence-electron chi connectivity index (χ0n) is 10.7. The standard InChI is InChI=1S/C14H15N3O2/c1-9-3-2-4-12-15-6-11(17(9)12)13(18)16-14-5-10(14)7-19-8-14/h2-4,6,10H,5,7-8H2,1H3,(H,16,18)/t10-,14-/m0/s1. The Labute approximate surface area is 110 Å². The van der Waals surface area contributed by atoms with E-state index in [1.54, 1.807) is 6.20 Å². The predicted octanol–water partition coefficient (Wildman–Crippen LogP) is 1.16. The number of hydrogen-bond donors (Lipinski definition) is 1. The number of hydrogen-bond acceptors (Lipinski definition) is 3. The van der Waals surface area contributed by atoms with Gasteiger partial charge in [-0.25, -0.2) is 4.98 Å². The van der Waals surface area contributed by atoms with Crippen molar-refractivity contribution in [1.29, 1.82) is 0 Å². The van der Waals surface area contributed by atoms with Crippen molar-refractivity contribution >= 4 is 11.6 Å². The van der Waals surface area contributed by atoms with Crippen molar-refractivity contribution in [3.63, 3.8) is 0 Å². The first-order valence-corrected chi connectivity index (χ1v) is 6.53. The van der Waals surface area contributed by atoms with Crippen LogP contribution in [0.2, 0.25) is 0 Å². The summed E-state index contributed by atoms with van der Waals surface area (Å²) < 4.78 is 7.29. The summed E-state index contributed by atoms with van der Waals surface area (Å²) in [5.41, 5.74) is 2.30. The van der Waals surface area contributed by atoms with Crippen LogP contribution in [0.3, 0.4) is 0 Å². The first kappa shape index (κ1) is 11.0. The zero-order chi connectivity index (χ0) is 13.0. The quantitative estimate of drug-likeness (QED) is 0.878. The van der Waals surface area contributed by atoms with E-state index in [-0.39, 0.29) is 11.4 Å². The average molecular weight is 257 g/mol. The van der Waals surface area contributed by atoms with Gasteiger partial charge in [0.1, 0.15) is 11.3 Å².